The van der Waals surface area contributed by atoms with Crippen LogP contribution in [-0.2, 0) is 9.53 Å². The van der Waals surface area contributed by atoms with Crippen LogP contribution in [0.5, 0.6) is 0 Å². The monoisotopic (exact) mass is 451 g/mol. The number of nitro benzene ring substituents is 1. The molecule has 1 aromatic heterocycles. The van der Waals surface area contributed by atoms with Gasteiger partial charge in [0, 0.05) is 11.8 Å². The normalized spacial score (nSPS) is 10.4. The van der Waals surface area contributed by atoms with Gasteiger partial charge in [-0.25, -0.2) is 4.79 Å². The van der Waals surface area contributed by atoms with Gasteiger partial charge >= 0.3 is 5.97 Å². The quantitative estimate of drug-likeness (QED) is 0.312. The number of amides is 2. The van der Waals surface area contributed by atoms with Gasteiger partial charge < -0.3 is 19.8 Å². The summed E-state index contributed by atoms with van der Waals surface area (Å²) in [6.07, 6.45) is 1.37. The van der Waals surface area contributed by atoms with Crippen LogP contribution in [0.25, 0.3) is 0 Å². The van der Waals surface area contributed by atoms with Gasteiger partial charge in [-0.3, -0.25) is 19.7 Å². The van der Waals surface area contributed by atoms with E-state index in [1.54, 1.807) is 32.9 Å². The first-order chi connectivity index (χ1) is 15.7. The average molecular weight is 451 g/mol. The fraction of sp³-hybridized carbons (Fsp3) is 0.174. The third-order valence-corrected chi connectivity index (χ3v) is 4.88. The molecule has 0 atom stereocenters. The van der Waals surface area contributed by atoms with Gasteiger partial charge in [-0.15, -0.1) is 0 Å². The first-order valence-corrected chi connectivity index (χ1v) is 9.84. The van der Waals surface area contributed by atoms with Crippen molar-refractivity contribution in [3.8, 4) is 0 Å². The second-order valence-electron chi connectivity index (χ2n) is 7.30. The lowest BCUT2D eigenvalue weighted by atomic mass is 10.1. The molecule has 0 radical (unpaired) electrons. The van der Waals surface area contributed by atoms with Gasteiger partial charge in [0.15, 0.2) is 12.4 Å². The molecule has 10 heteroatoms. The zero-order valence-electron chi connectivity index (χ0n) is 18.1. The Labute approximate surface area is 188 Å². The molecule has 0 spiro atoms. The Morgan fingerprint density at radius 3 is 2.36 bits per heavy atom. The van der Waals surface area contributed by atoms with E-state index in [4.69, 9.17) is 9.15 Å². The Bertz CT molecular complexity index is 1230. The number of carbonyl (C=O) groups excluding carboxylic acids is 3. The molecule has 0 aliphatic carbocycles. The summed E-state index contributed by atoms with van der Waals surface area (Å²) < 4.78 is 10.1. The van der Waals surface area contributed by atoms with Crippen molar-refractivity contribution in [2.75, 3.05) is 17.2 Å². The van der Waals surface area contributed by atoms with Crippen LogP contribution in [0, 0.1) is 30.9 Å². The Morgan fingerprint density at radius 1 is 0.970 bits per heavy atom. The van der Waals surface area contributed by atoms with E-state index in [2.05, 4.69) is 10.6 Å². The number of nitrogens with zero attached hydrogens (tertiary/aromatic N) is 1. The van der Waals surface area contributed by atoms with E-state index in [0.717, 1.165) is 5.56 Å². The average Bonchev–Trinajstić information content (AvgIpc) is 3.31. The molecule has 2 N–H and O–H groups in total. The molecule has 0 bridgehead atoms. The second-order valence-corrected chi connectivity index (χ2v) is 7.30. The lowest BCUT2D eigenvalue weighted by molar-refractivity contribution is -0.384. The van der Waals surface area contributed by atoms with Gasteiger partial charge in [0.2, 0.25) is 0 Å². The van der Waals surface area contributed by atoms with Crippen LogP contribution in [-0.4, -0.2) is 29.3 Å². The SMILES string of the molecule is Cc1cc(NC(=O)COC(=O)c2ccc(C)c(NC(=O)c3ccco3)c2)c([N+](=O)[O-])cc1C. The van der Waals surface area contributed by atoms with Crippen LogP contribution in [0.1, 0.15) is 37.6 Å². The predicted octanol–water partition coefficient (Wildman–Crippen LogP) is 4.16. The molecule has 0 fully saturated rings. The Kier molecular flexibility index (Phi) is 6.87. The lowest BCUT2D eigenvalue weighted by Gasteiger charge is -2.11. The van der Waals surface area contributed by atoms with Crippen molar-refractivity contribution in [2.45, 2.75) is 20.8 Å². The summed E-state index contributed by atoms with van der Waals surface area (Å²) >= 11 is 0. The fourth-order valence-electron chi connectivity index (χ4n) is 2.93. The Balaban J connectivity index is 1.65. The molecule has 2 aromatic carbocycles. The zero-order chi connectivity index (χ0) is 24.1. The van der Waals surface area contributed by atoms with Gasteiger partial charge in [0.05, 0.1) is 16.7 Å². The van der Waals surface area contributed by atoms with Crippen molar-refractivity contribution in [3.63, 3.8) is 0 Å². The van der Waals surface area contributed by atoms with E-state index in [-0.39, 0.29) is 22.7 Å². The molecule has 0 saturated carbocycles. The van der Waals surface area contributed by atoms with Gasteiger partial charge in [-0.05, 0) is 67.8 Å². The van der Waals surface area contributed by atoms with Crippen molar-refractivity contribution < 1.29 is 28.5 Å². The number of nitrogens with one attached hydrogen (secondary N) is 2. The minimum absolute atomic E-state index is 0.0161. The van der Waals surface area contributed by atoms with Crippen LogP contribution >= 0.6 is 0 Å². The van der Waals surface area contributed by atoms with Crippen molar-refractivity contribution in [2.24, 2.45) is 0 Å². The standard InChI is InChI=1S/C23H21N3O7/c1-13-6-7-16(11-17(13)25-22(28)20-5-4-8-32-20)23(29)33-12-21(27)24-18-9-14(2)15(3)10-19(18)26(30)31/h4-11H,12H2,1-3H3,(H,24,27)(H,25,28). The molecule has 2 amide bonds. The molecule has 33 heavy (non-hydrogen) atoms. The minimum Gasteiger partial charge on any atom is -0.459 e. The number of hydrogen-bond acceptors (Lipinski definition) is 7. The van der Waals surface area contributed by atoms with Gasteiger partial charge in [0.25, 0.3) is 17.5 Å². The van der Waals surface area contributed by atoms with E-state index >= 15 is 0 Å². The van der Waals surface area contributed by atoms with E-state index in [1.807, 2.05) is 0 Å². The number of aryl methyl sites for hydroxylation is 3. The highest BCUT2D eigenvalue weighted by Gasteiger charge is 2.19. The topological polar surface area (TPSA) is 141 Å². The maximum atomic E-state index is 12.4. The molecular weight excluding hydrogens is 430 g/mol. The summed E-state index contributed by atoms with van der Waals surface area (Å²) in [5, 5.41) is 16.3. The number of hydrogen-bond donors (Lipinski definition) is 2. The lowest BCUT2D eigenvalue weighted by Crippen LogP contribution is -2.21. The van der Waals surface area contributed by atoms with Crippen molar-refractivity contribution in [3.05, 3.63) is 86.9 Å². The van der Waals surface area contributed by atoms with Crippen molar-refractivity contribution >= 4 is 34.8 Å². The predicted molar refractivity (Wildman–Crippen MR) is 119 cm³/mol. The Hall–Kier alpha value is -4.47. The number of benzene rings is 2. The summed E-state index contributed by atoms with van der Waals surface area (Å²) in [4.78, 5) is 47.5. The fourth-order valence-corrected chi connectivity index (χ4v) is 2.93. The Morgan fingerprint density at radius 2 is 1.70 bits per heavy atom. The molecule has 0 aliphatic heterocycles. The van der Waals surface area contributed by atoms with Crippen molar-refractivity contribution in [1.29, 1.82) is 0 Å². The zero-order valence-corrected chi connectivity index (χ0v) is 18.1. The summed E-state index contributed by atoms with van der Waals surface area (Å²) in [6, 6.07) is 10.5. The number of rotatable bonds is 7. The smallest absolute Gasteiger partial charge is 0.338 e. The molecule has 3 rings (SSSR count). The van der Waals surface area contributed by atoms with E-state index in [0.29, 0.717) is 16.8 Å². The maximum Gasteiger partial charge on any atom is 0.338 e. The highest BCUT2D eigenvalue weighted by atomic mass is 16.6. The number of anilines is 2. The number of nitro groups is 1. The van der Waals surface area contributed by atoms with Crippen LogP contribution < -0.4 is 10.6 Å². The molecule has 3 aromatic rings. The van der Waals surface area contributed by atoms with Gasteiger partial charge in [-0.1, -0.05) is 6.07 Å². The van der Waals surface area contributed by atoms with E-state index in [1.165, 1.54) is 36.6 Å². The first kappa shape index (κ1) is 23.2. The number of esters is 1. The summed E-state index contributed by atoms with van der Waals surface area (Å²) in [5.74, 6) is -1.90. The number of furan rings is 1. The summed E-state index contributed by atoms with van der Waals surface area (Å²) in [5.41, 5.74) is 2.42. The van der Waals surface area contributed by atoms with Crippen LogP contribution in [0.3, 0.4) is 0 Å². The van der Waals surface area contributed by atoms with E-state index in [9.17, 15) is 24.5 Å². The van der Waals surface area contributed by atoms with Gasteiger partial charge in [0.1, 0.15) is 5.69 Å². The molecule has 0 aliphatic rings. The molecular formula is C23H21N3O7. The second kappa shape index (κ2) is 9.77. The summed E-state index contributed by atoms with van der Waals surface area (Å²) in [6.45, 7) is 4.58. The van der Waals surface area contributed by atoms with Crippen LogP contribution in [0.15, 0.2) is 53.1 Å². The molecule has 0 saturated heterocycles. The van der Waals surface area contributed by atoms with Crippen LogP contribution in [0.4, 0.5) is 17.1 Å². The third-order valence-electron chi connectivity index (χ3n) is 4.88. The highest BCUT2D eigenvalue weighted by Crippen LogP contribution is 2.28. The van der Waals surface area contributed by atoms with E-state index < -0.39 is 29.3 Å². The largest absolute Gasteiger partial charge is 0.459 e. The number of carbonyl (C=O) groups is 3. The summed E-state index contributed by atoms with van der Waals surface area (Å²) in [7, 11) is 0. The molecule has 10 nitrogen and oxygen atoms in total. The van der Waals surface area contributed by atoms with Crippen molar-refractivity contribution in [1.82, 2.24) is 0 Å². The first-order valence-electron chi connectivity index (χ1n) is 9.84. The molecule has 1 heterocycles. The van der Waals surface area contributed by atoms with Crippen LogP contribution in [0.2, 0.25) is 0 Å². The highest BCUT2D eigenvalue weighted by molar-refractivity contribution is 6.03. The molecule has 170 valence electrons. The minimum atomic E-state index is -0.798. The third kappa shape index (κ3) is 5.62. The number of ether oxygens (including phenoxy) is 1. The maximum absolute atomic E-state index is 12.4. The molecule has 0 unspecified atom stereocenters. The van der Waals surface area contributed by atoms with Gasteiger partial charge in [-0.2, -0.15) is 0 Å².